The summed E-state index contributed by atoms with van der Waals surface area (Å²) < 4.78 is 0.0781. The van der Waals surface area contributed by atoms with E-state index in [-0.39, 0.29) is 4.75 Å². The summed E-state index contributed by atoms with van der Waals surface area (Å²) >= 11 is 4.57. The molecule has 2 aliphatic rings. The van der Waals surface area contributed by atoms with Crippen LogP contribution in [0.5, 0.6) is 0 Å². The Hall–Kier alpha value is -0.570. The van der Waals surface area contributed by atoms with Crippen LogP contribution in [0, 0.1) is 0 Å². The molecule has 0 fully saturated rings. The average Bonchev–Trinajstić information content (AvgIpc) is 2.15. The molecule has 0 aliphatic carbocycles. The molecule has 2 aliphatic heterocycles. The minimum Gasteiger partial charge on any atom is -0.372 e. The Morgan fingerprint density at radius 3 is 3.07 bits per heavy atom. The van der Waals surface area contributed by atoms with Crippen LogP contribution in [0.1, 0.15) is 33.1 Å². The van der Waals surface area contributed by atoms with Gasteiger partial charge in [-0.3, -0.25) is 0 Å². The third kappa shape index (κ3) is 2.94. The van der Waals surface area contributed by atoms with Gasteiger partial charge in [0.25, 0.3) is 0 Å². The molecule has 1 unspecified atom stereocenters. The lowest BCUT2D eigenvalue weighted by molar-refractivity contribution is 0.494. The minimum atomic E-state index is 0.0781. The largest absolute Gasteiger partial charge is 0.372 e. The van der Waals surface area contributed by atoms with Gasteiger partial charge in [-0.25, -0.2) is 0 Å². The highest BCUT2D eigenvalue weighted by Gasteiger charge is 2.22. The molecular weight excluding hydrogens is 204 g/mol. The molecule has 0 aromatic rings. The van der Waals surface area contributed by atoms with E-state index in [9.17, 15) is 0 Å². The molecule has 2 rings (SSSR count). The quantitative estimate of drug-likeness (QED) is 0.627. The Kier molecular flexibility index (Phi) is 3.01. The number of rotatable bonds is 2. The molecule has 1 atom stereocenters. The maximum Gasteiger partial charge on any atom is 0.102 e. The zero-order chi connectivity index (χ0) is 10.9. The summed E-state index contributed by atoms with van der Waals surface area (Å²) in [5.41, 5.74) is 1.43. The number of hydrogen-bond acceptors (Lipinski definition) is 3. The molecular formula is C12H20N2S. The number of nitrogens with one attached hydrogen (secondary N) is 2. The van der Waals surface area contributed by atoms with Gasteiger partial charge in [0.2, 0.25) is 0 Å². The molecule has 3 heteroatoms. The second-order valence-corrected chi connectivity index (χ2v) is 6.27. The smallest absolute Gasteiger partial charge is 0.102 e. The van der Waals surface area contributed by atoms with Gasteiger partial charge in [0.15, 0.2) is 0 Å². The van der Waals surface area contributed by atoms with Gasteiger partial charge in [0.1, 0.15) is 5.82 Å². The van der Waals surface area contributed by atoms with Crippen LogP contribution in [0.4, 0.5) is 0 Å². The first-order valence-corrected chi connectivity index (χ1v) is 6.13. The standard InChI is InChI=1S/C12H20N2S/c1-12(2,15)8-10-6-5-9-4-3-7-13-11(9)14-10/h5-6,10,13-15H,3-4,7-8H2,1-2H3. The summed E-state index contributed by atoms with van der Waals surface area (Å²) in [6.45, 7) is 5.41. The van der Waals surface area contributed by atoms with Crippen molar-refractivity contribution >= 4 is 12.6 Å². The lowest BCUT2D eigenvalue weighted by Crippen LogP contribution is -2.41. The molecule has 0 bridgehead atoms. The van der Waals surface area contributed by atoms with Crippen LogP contribution in [0.15, 0.2) is 23.5 Å². The second kappa shape index (κ2) is 4.12. The highest BCUT2D eigenvalue weighted by Crippen LogP contribution is 2.24. The first kappa shape index (κ1) is 10.9. The lowest BCUT2D eigenvalue weighted by atomic mass is 9.96. The summed E-state index contributed by atoms with van der Waals surface area (Å²) in [5, 5.41) is 6.97. The Morgan fingerprint density at radius 2 is 2.33 bits per heavy atom. The van der Waals surface area contributed by atoms with Gasteiger partial charge < -0.3 is 10.6 Å². The van der Waals surface area contributed by atoms with E-state index in [4.69, 9.17) is 0 Å². The Labute approximate surface area is 97.6 Å². The van der Waals surface area contributed by atoms with Gasteiger partial charge in [0, 0.05) is 17.3 Å². The van der Waals surface area contributed by atoms with Crippen LogP contribution in [0.3, 0.4) is 0 Å². The topological polar surface area (TPSA) is 24.1 Å². The fourth-order valence-electron chi connectivity index (χ4n) is 2.16. The van der Waals surface area contributed by atoms with Crippen molar-refractivity contribution in [2.45, 2.75) is 43.9 Å². The zero-order valence-corrected chi connectivity index (χ0v) is 10.4. The van der Waals surface area contributed by atoms with Crippen molar-refractivity contribution in [1.29, 1.82) is 0 Å². The lowest BCUT2D eigenvalue weighted by Gasteiger charge is -2.32. The van der Waals surface area contributed by atoms with Crippen LogP contribution < -0.4 is 10.6 Å². The fraction of sp³-hybridized carbons (Fsp3) is 0.667. The Bertz CT molecular complexity index is 299. The highest BCUT2D eigenvalue weighted by atomic mass is 32.1. The third-order valence-corrected chi connectivity index (χ3v) is 3.01. The predicted octanol–water partition coefficient (Wildman–Crippen LogP) is 2.21. The molecule has 0 radical (unpaired) electrons. The highest BCUT2D eigenvalue weighted by molar-refractivity contribution is 7.81. The second-order valence-electron chi connectivity index (χ2n) is 5.06. The van der Waals surface area contributed by atoms with Crippen molar-refractivity contribution in [3.05, 3.63) is 23.5 Å². The van der Waals surface area contributed by atoms with E-state index in [1.807, 2.05) is 0 Å². The molecule has 0 aromatic heterocycles. The van der Waals surface area contributed by atoms with Crippen LogP contribution in [-0.4, -0.2) is 17.3 Å². The van der Waals surface area contributed by atoms with E-state index in [0.717, 1.165) is 13.0 Å². The van der Waals surface area contributed by atoms with Crippen molar-refractivity contribution in [3.63, 3.8) is 0 Å². The SMILES string of the molecule is CC(C)(S)CC1C=CC2=C(NCCC2)N1. The van der Waals surface area contributed by atoms with E-state index < -0.39 is 0 Å². The Balaban J connectivity index is 2.00. The molecule has 0 spiro atoms. The van der Waals surface area contributed by atoms with E-state index >= 15 is 0 Å². The van der Waals surface area contributed by atoms with Gasteiger partial charge in [0.05, 0.1) is 0 Å². The number of hydrogen-bond donors (Lipinski definition) is 3. The van der Waals surface area contributed by atoms with Crippen molar-refractivity contribution in [2.24, 2.45) is 0 Å². The fourth-order valence-corrected chi connectivity index (χ4v) is 2.36. The first-order valence-electron chi connectivity index (χ1n) is 5.69. The summed E-state index contributed by atoms with van der Waals surface area (Å²) in [6, 6.07) is 0.418. The molecule has 0 amide bonds. The minimum absolute atomic E-state index is 0.0781. The molecule has 2 N–H and O–H groups in total. The average molecular weight is 224 g/mol. The summed E-state index contributed by atoms with van der Waals surface area (Å²) in [5.74, 6) is 1.24. The van der Waals surface area contributed by atoms with Gasteiger partial charge in [-0.05, 0) is 24.8 Å². The van der Waals surface area contributed by atoms with Crippen LogP contribution in [0.2, 0.25) is 0 Å². The first-order chi connectivity index (χ1) is 7.04. The number of dihydropyridines is 1. The third-order valence-electron chi connectivity index (χ3n) is 2.82. The van der Waals surface area contributed by atoms with Crippen LogP contribution >= 0.6 is 12.6 Å². The molecule has 0 aromatic carbocycles. The summed E-state index contributed by atoms with van der Waals surface area (Å²) in [4.78, 5) is 0. The van der Waals surface area contributed by atoms with Gasteiger partial charge >= 0.3 is 0 Å². The van der Waals surface area contributed by atoms with Crippen molar-refractivity contribution in [1.82, 2.24) is 10.6 Å². The monoisotopic (exact) mass is 224 g/mol. The zero-order valence-electron chi connectivity index (χ0n) is 9.51. The van der Waals surface area contributed by atoms with Gasteiger partial charge in [-0.2, -0.15) is 12.6 Å². The maximum atomic E-state index is 4.57. The molecule has 0 saturated heterocycles. The molecule has 2 nitrogen and oxygen atoms in total. The van der Waals surface area contributed by atoms with Crippen molar-refractivity contribution < 1.29 is 0 Å². The van der Waals surface area contributed by atoms with Crippen LogP contribution in [0.25, 0.3) is 0 Å². The maximum absolute atomic E-state index is 4.57. The van der Waals surface area contributed by atoms with E-state index in [2.05, 4.69) is 49.3 Å². The summed E-state index contributed by atoms with van der Waals surface area (Å²) in [7, 11) is 0. The number of thiol groups is 1. The Morgan fingerprint density at radius 1 is 1.53 bits per heavy atom. The van der Waals surface area contributed by atoms with Crippen LogP contribution in [-0.2, 0) is 0 Å². The normalized spacial score (nSPS) is 25.7. The van der Waals surface area contributed by atoms with Crippen molar-refractivity contribution in [3.8, 4) is 0 Å². The molecule has 15 heavy (non-hydrogen) atoms. The molecule has 84 valence electrons. The van der Waals surface area contributed by atoms with E-state index in [1.165, 1.54) is 24.2 Å². The van der Waals surface area contributed by atoms with E-state index in [0.29, 0.717) is 6.04 Å². The van der Waals surface area contributed by atoms with Gasteiger partial charge in [-0.1, -0.05) is 26.0 Å². The molecule has 0 saturated carbocycles. The van der Waals surface area contributed by atoms with Gasteiger partial charge in [-0.15, -0.1) is 0 Å². The number of allylic oxidation sites excluding steroid dienone is 2. The summed E-state index contributed by atoms with van der Waals surface area (Å²) in [6.07, 6.45) is 8.02. The van der Waals surface area contributed by atoms with Crippen molar-refractivity contribution in [2.75, 3.05) is 6.54 Å². The predicted molar refractivity (Wildman–Crippen MR) is 68.0 cm³/mol. The molecule has 2 heterocycles. The van der Waals surface area contributed by atoms with E-state index in [1.54, 1.807) is 0 Å².